The molecule has 1 aromatic carbocycles. The average Bonchev–Trinajstić information content (AvgIpc) is 2.68. The zero-order valence-electron chi connectivity index (χ0n) is 16.1. The van der Waals surface area contributed by atoms with Gasteiger partial charge in [0.2, 0.25) is 0 Å². The number of rotatable bonds is 3. The highest BCUT2D eigenvalue weighted by Gasteiger charge is 2.42. The minimum Gasteiger partial charge on any atom is -0.507 e. The summed E-state index contributed by atoms with van der Waals surface area (Å²) in [5, 5.41) is 33.3. The molecule has 5 heteroatoms. The van der Waals surface area contributed by atoms with E-state index in [1.807, 2.05) is 19.1 Å². The predicted octanol–water partition coefficient (Wildman–Crippen LogP) is 3.91. The van der Waals surface area contributed by atoms with Crippen LogP contribution in [0.25, 0.3) is 11.3 Å². The van der Waals surface area contributed by atoms with Gasteiger partial charge in [-0.25, -0.2) is 0 Å². The first kappa shape index (κ1) is 17.5. The van der Waals surface area contributed by atoms with Crippen molar-refractivity contribution in [1.29, 1.82) is 0 Å². The third-order valence-corrected chi connectivity index (χ3v) is 6.73. The van der Waals surface area contributed by atoms with Gasteiger partial charge in [-0.15, -0.1) is 16.6 Å². The van der Waals surface area contributed by atoms with Crippen molar-refractivity contribution in [2.45, 2.75) is 68.9 Å². The molecule has 0 atom stereocenters. The minimum atomic E-state index is -0.575. The fraction of sp³-hybridized carbons (Fsp3) is 0.478. The first-order valence-corrected chi connectivity index (χ1v) is 10.1. The molecule has 2 bridgehead atoms. The van der Waals surface area contributed by atoms with E-state index in [1.54, 1.807) is 6.07 Å². The molecular weight excluding hydrogens is 350 g/mol. The van der Waals surface area contributed by atoms with Gasteiger partial charge in [0, 0.05) is 22.7 Å². The van der Waals surface area contributed by atoms with Crippen LogP contribution in [0.15, 0.2) is 18.2 Å². The van der Waals surface area contributed by atoms with Gasteiger partial charge >= 0.3 is 0 Å². The zero-order chi connectivity index (χ0) is 19.5. The van der Waals surface area contributed by atoms with E-state index in [9.17, 15) is 10.2 Å². The van der Waals surface area contributed by atoms with Gasteiger partial charge < -0.3 is 15.5 Å². The number of phenols is 1. The van der Waals surface area contributed by atoms with Gasteiger partial charge in [0.1, 0.15) is 11.4 Å². The Kier molecular flexibility index (Phi) is 3.89. The fourth-order valence-electron chi connectivity index (χ4n) is 5.38. The molecule has 2 aromatic rings. The second-order valence-electron chi connectivity index (χ2n) is 8.90. The van der Waals surface area contributed by atoms with Crippen LogP contribution in [0.3, 0.4) is 0 Å². The lowest BCUT2D eigenvalue weighted by Crippen LogP contribution is -2.48. The van der Waals surface area contributed by atoms with Crippen molar-refractivity contribution in [3.05, 3.63) is 34.9 Å². The van der Waals surface area contributed by atoms with E-state index in [2.05, 4.69) is 21.4 Å². The number of hydrogen-bond donors (Lipinski definition) is 3. The number of nitrogens with zero attached hydrogens (tertiary/aromatic N) is 2. The lowest BCUT2D eigenvalue weighted by Gasteiger charge is -2.44. The van der Waals surface area contributed by atoms with Crippen molar-refractivity contribution in [3.8, 4) is 29.4 Å². The largest absolute Gasteiger partial charge is 0.507 e. The van der Waals surface area contributed by atoms with E-state index in [0.717, 1.165) is 37.2 Å². The number of aromatic hydroxyl groups is 1. The highest BCUT2D eigenvalue weighted by atomic mass is 16.3. The van der Waals surface area contributed by atoms with E-state index in [-0.39, 0.29) is 11.8 Å². The molecule has 0 spiro atoms. The normalized spacial score (nSPS) is 30.2. The molecule has 1 aromatic heterocycles. The van der Waals surface area contributed by atoms with Crippen LogP contribution in [-0.4, -0.2) is 32.1 Å². The second-order valence-corrected chi connectivity index (χ2v) is 8.90. The molecule has 4 aliphatic rings. The highest BCUT2D eigenvalue weighted by Crippen LogP contribution is 2.54. The number of terminal acetylenes is 1. The summed E-state index contributed by atoms with van der Waals surface area (Å²) in [5.41, 5.74) is 4.09. The monoisotopic (exact) mass is 375 g/mol. The van der Waals surface area contributed by atoms with Crippen LogP contribution in [0.5, 0.6) is 5.75 Å². The summed E-state index contributed by atoms with van der Waals surface area (Å²) in [7, 11) is 0. The third kappa shape index (κ3) is 2.75. The number of fused-ring (bicyclic) bond motifs is 2. The standard InChI is InChI=1S/C23H25N3O2/c1-3-13-4-9-17(18(27)10-13)21-19-14-5-7-15(8-6-14)20(19)22(26-25-21)24-16-11-23(2,28)12-16/h1,4,9-10,14-16,27-28H,5-8,11-12H2,2H3,(H,24,26)/t14?,15?,16-,23+. The molecule has 144 valence electrons. The molecule has 2 fully saturated rings. The molecular formula is C23H25N3O2. The molecule has 2 saturated carbocycles. The van der Waals surface area contributed by atoms with Gasteiger partial charge in [-0.05, 0) is 81.0 Å². The van der Waals surface area contributed by atoms with E-state index in [4.69, 9.17) is 6.42 Å². The number of phenolic OH excluding ortho intramolecular Hbond substituents is 1. The molecule has 0 radical (unpaired) electrons. The maximum Gasteiger partial charge on any atom is 0.152 e. The van der Waals surface area contributed by atoms with Gasteiger partial charge in [-0.2, -0.15) is 0 Å². The van der Waals surface area contributed by atoms with Crippen LogP contribution in [0.4, 0.5) is 5.82 Å². The van der Waals surface area contributed by atoms with Crippen LogP contribution >= 0.6 is 0 Å². The van der Waals surface area contributed by atoms with E-state index in [1.165, 1.54) is 24.0 Å². The quantitative estimate of drug-likeness (QED) is 0.709. The number of hydrogen-bond acceptors (Lipinski definition) is 5. The van der Waals surface area contributed by atoms with Gasteiger partial charge in [0.15, 0.2) is 5.82 Å². The molecule has 0 amide bonds. The second kappa shape index (κ2) is 6.22. The Balaban J connectivity index is 1.59. The molecule has 3 N–H and O–H groups in total. The fourth-order valence-corrected chi connectivity index (χ4v) is 5.38. The Labute approximate surface area is 165 Å². The summed E-state index contributed by atoms with van der Waals surface area (Å²) in [5.74, 6) is 4.54. The summed E-state index contributed by atoms with van der Waals surface area (Å²) >= 11 is 0. The van der Waals surface area contributed by atoms with Crippen molar-refractivity contribution in [2.24, 2.45) is 0 Å². The van der Waals surface area contributed by atoms with Crippen LogP contribution < -0.4 is 5.32 Å². The summed E-state index contributed by atoms with van der Waals surface area (Å²) in [4.78, 5) is 0. The maximum atomic E-state index is 10.6. The van der Waals surface area contributed by atoms with Crippen molar-refractivity contribution in [1.82, 2.24) is 10.2 Å². The van der Waals surface area contributed by atoms with E-state index >= 15 is 0 Å². The molecule has 5 nitrogen and oxygen atoms in total. The zero-order valence-corrected chi connectivity index (χ0v) is 16.1. The number of nitrogens with one attached hydrogen (secondary N) is 1. The lowest BCUT2D eigenvalue weighted by molar-refractivity contribution is -0.0235. The number of benzene rings is 1. The molecule has 28 heavy (non-hydrogen) atoms. The van der Waals surface area contributed by atoms with Crippen molar-refractivity contribution in [3.63, 3.8) is 0 Å². The number of anilines is 1. The summed E-state index contributed by atoms with van der Waals surface area (Å²) in [6.45, 7) is 1.88. The number of aliphatic hydroxyl groups is 1. The van der Waals surface area contributed by atoms with Crippen molar-refractivity contribution >= 4 is 5.82 Å². The van der Waals surface area contributed by atoms with Gasteiger partial charge in [0.05, 0.1) is 5.60 Å². The van der Waals surface area contributed by atoms with Crippen LogP contribution in [0.1, 0.15) is 74.0 Å². The first-order valence-electron chi connectivity index (χ1n) is 10.1. The van der Waals surface area contributed by atoms with Crippen LogP contribution in [0.2, 0.25) is 0 Å². The van der Waals surface area contributed by atoms with E-state index < -0.39 is 5.60 Å². The minimum absolute atomic E-state index is 0.157. The average molecular weight is 375 g/mol. The Morgan fingerprint density at radius 3 is 2.39 bits per heavy atom. The maximum absolute atomic E-state index is 10.6. The van der Waals surface area contributed by atoms with Crippen LogP contribution in [0, 0.1) is 12.3 Å². The van der Waals surface area contributed by atoms with Gasteiger partial charge in [-0.3, -0.25) is 0 Å². The summed E-state index contributed by atoms with van der Waals surface area (Å²) in [6, 6.07) is 5.55. The SMILES string of the molecule is C#Cc1ccc(-c2nnc(N[C@H]3C[C@@](C)(O)C3)c3c2C2CCC3CC2)c(O)c1. The molecule has 4 aliphatic carbocycles. The lowest BCUT2D eigenvalue weighted by atomic mass is 9.66. The number of aromatic nitrogens is 2. The highest BCUT2D eigenvalue weighted by molar-refractivity contribution is 5.75. The summed E-state index contributed by atoms with van der Waals surface area (Å²) in [6.07, 6.45) is 11.6. The van der Waals surface area contributed by atoms with Crippen molar-refractivity contribution in [2.75, 3.05) is 5.32 Å². The molecule has 0 unspecified atom stereocenters. The molecule has 1 heterocycles. The van der Waals surface area contributed by atoms with Crippen LogP contribution in [-0.2, 0) is 0 Å². The topological polar surface area (TPSA) is 78.3 Å². The van der Waals surface area contributed by atoms with E-state index in [0.29, 0.717) is 23.0 Å². The third-order valence-electron chi connectivity index (χ3n) is 6.73. The summed E-state index contributed by atoms with van der Waals surface area (Å²) < 4.78 is 0. The van der Waals surface area contributed by atoms with Crippen molar-refractivity contribution < 1.29 is 10.2 Å². The Morgan fingerprint density at radius 2 is 1.79 bits per heavy atom. The van der Waals surface area contributed by atoms with Gasteiger partial charge in [-0.1, -0.05) is 5.92 Å². The van der Waals surface area contributed by atoms with Gasteiger partial charge in [0.25, 0.3) is 0 Å². The Morgan fingerprint density at radius 1 is 1.11 bits per heavy atom. The molecule has 0 saturated heterocycles. The first-order chi connectivity index (χ1) is 13.4. The predicted molar refractivity (Wildman–Crippen MR) is 108 cm³/mol. The smallest absolute Gasteiger partial charge is 0.152 e. The molecule has 6 rings (SSSR count). The Hall–Kier alpha value is -2.58. The molecule has 0 aliphatic heterocycles. The Bertz CT molecular complexity index is 976.